The van der Waals surface area contributed by atoms with Gasteiger partial charge in [-0.3, -0.25) is 6.08 Å². The molecule has 0 aromatic rings. The SMILES string of the molecule is CC1=[C-]C(C)(C)C(C)=C1C.[Cl][Ru][Cl]. The molecule has 1 aliphatic rings. The molecule has 0 amide bonds. The van der Waals surface area contributed by atoms with Crippen molar-refractivity contribution in [3.63, 3.8) is 0 Å². The van der Waals surface area contributed by atoms with E-state index >= 15 is 0 Å². The Kier molecular flexibility index (Phi) is 5.83. The average molecular weight is 307 g/mol. The van der Waals surface area contributed by atoms with Gasteiger partial charge in [0.05, 0.1) is 0 Å². The second-order valence-electron chi connectivity index (χ2n) is 3.68. The van der Waals surface area contributed by atoms with Gasteiger partial charge in [0.2, 0.25) is 0 Å². The van der Waals surface area contributed by atoms with Gasteiger partial charge in [0.15, 0.2) is 0 Å². The number of hydrogen-bond acceptors (Lipinski definition) is 0. The van der Waals surface area contributed by atoms with Crippen molar-refractivity contribution in [3.8, 4) is 0 Å². The third-order valence-corrected chi connectivity index (χ3v) is 2.56. The summed E-state index contributed by atoms with van der Waals surface area (Å²) in [5, 5.41) is 0. The zero-order valence-electron chi connectivity index (χ0n) is 8.61. The van der Waals surface area contributed by atoms with Crippen LogP contribution in [0.15, 0.2) is 16.7 Å². The van der Waals surface area contributed by atoms with Gasteiger partial charge in [-0.25, -0.2) is 5.57 Å². The zero-order chi connectivity index (χ0) is 10.6. The minimum atomic E-state index is -0.346. The molecule has 0 unspecified atom stereocenters. The molecule has 0 saturated carbocycles. The summed E-state index contributed by atoms with van der Waals surface area (Å²) < 4.78 is 0. The van der Waals surface area contributed by atoms with E-state index in [0.29, 0.717) is 0 Å². The Hall–Kier alpha value is 0.683. The van der Waals surface area contributed by atoms with Crippen molar-refractivity contribution in [3.05, 3.63) is 22.8 Å². The first-order valence-electron chi connectivity index (χ1n) is 4.02. The molecule has 0 aromatic heterocycles. The van der Waals surface area contributed by atoms with Gasteiger partial charge in [0.1, 0.15) is 0 Å². The molecule has 0 atom stereocenters. The molecule has 0 heterocycles. The van der Waals surface area contributed by atoms with E-state index in [4.69, 9.17) is 19.4 Å². The van der Waals surface area contributed by atoms with Gasteiger partial charge >= 0.3 is 34.5 Å². The molecule has 78 valence electrons. The Balaban J connectivity index is 0.000000424. The van der Waals surface area contributed by atoms with E-state index in [-0.39, 0.29) is 20.6 Å². The monoisotopic (exact) mass is 307 g/mol. The van der Waals surface area contributed by atoms with Crippen LogP contribution in [0, 0.1) is 11.5 Å². The Morgan fingerprint density at radius 3 is 1.62 bits per heavy atom. The Morgan fingerprint density at radius 1 is 1.15 bits per heavy atom. The molecule has 0 spiro atoms. The third kappa shape index (κ3) is 3.74. The van der Waals surface area contributed by atoms with Gasteiger partial charge in [0, 0.05) is 0 Å². The molecule has 1 aliphatic carbocycles. The second-order valence-corrected chi connectivity index (χ2v) is 6.31. The van der Waals surface area contributed by atoms with Gasteiger partial charge in [-0.15, -0.1) is 6.92 Å². The molecular formula is C10H15Cl2Ru-. The van der Waals surface area contributed by atoms with Crippen molar-refractivity contribution in [1.82, 2.24) is 0 Å². The molecule has 0 saturated heterocycles. The quantitative estimate of drug-likeness (QED) is 0.457. The Bertz CT molecular complexity index is 239. The number of allylic oxidation sites excluding steroid dienone is 4. The zero-order valence-corrected chi connectivity index (χ0v) is 11.9. The summed E-state index contributed by atoms with van der Waals surface area (Å²) >= 11 is -0.346. The van der Waals surface area contributed by atoms with Crippen LogP contribution in [-0.2, 0) is 15.1 Å². The molecule has 13 heavy (non-hydrogen) atoms. The van der Waals surface area contributed by atoms with E-state index in [1.807, 2.05) is 0 Å². The second kappa shape index (κ2) is 5.54. The van der Waals surface area contributed by atoms with Crippen molar-refractivity contribution in [2.75, 3.05) is 0 Å². The number of rotatable bonds is 0. The Labute approximate surface area is 97.1 Å². The molecular weight excluding hydrogens is 292 g/mol. The molecule has 0 nitrogen and oxygen atoms in total. The van der Waals surface area contributed by atoms with Crippen LogP contribution < -0.4 is 0 Å². The van der Waals surface area contributed by atoms with E-state index in [0.717, 1.165) is 0 Å². The fraction of sp³-hybridized carbons (Fsp3) is 0.600. The predicted molar refractivity (Wildman–Crippen MR) is 56.3 cm³/mol. The molecule has 0 aromatic carbocycles. The van der Waals surface area contributed by atoms with Gasteiger partial charge < -0.3 is 0 Å². The molecule has 0 N–H and O–H groups in total. The summed E-state index contributed by atoms with van der Waals surface area (Å²) in [7, 11) is 9.71. The van der Waals surface area contributed by atoms with Gasteiger partial charge in [-0.2, -0.15) is 11.1 Å². The summed E-state index contributed by atoms with van der Waals surface area (Å²) in [6.07, 6.45) is 3.44. The molecule has 0 fully saturated rings. The maximum absolute atomic E-state index is 4.85. The van der Waals surface area contributed by atoms with E-state index in [9.17, 15) is 0 Å². The van der Waals surface area contributed by atoms with Crippen LogP contribution in [0.1, 0.15) is 34.6 Å². The topological polar surface area (TPSA) is 0 Å². The van der Waals surface area contributed by atoms with Crippen LogP contribution in [0.4, 0.5) is 0 Å². The van der Waals surface area contributed by atoms with Crippen molar-refractivity contribution in [2.24, 2.45) is 5.41 Å². The summed E-state index contributed by atoms with van der Waals surface area (Å²) in [6.45, 7) is 10.9. The van der Waals surface area contributed by atoms with E-state index in [2.05, 4.69) is 40.7 Å². The van der Waals surface area contributed by atoms with Crippen molar-refractivity contribution < 1.29 is 15.1 Å². The normalized spacial score (nSPS) is 19.8. The number of hydrogen-bond donors (Lipinski definition) is 0. The summed E-state index contributed by atoms with van der Waals surface area (Å²) in [4.78, 5) is 0. The van der Waals surface area contributed by atoms with Crippen LogP contribution in [0.25, 0.3) is 0 Å². The minimum absolute atomic E-state index is 0.189. The first kappa shape index (κ1) is 13.7. The first-order chi connectivity index (χ1) is 5.86. The molecule has 0 aliphatic heterocycles. The fourth-order valence-electron chi connectivity index (χ4n) is 1.41. The summed E-state index contributed by atoms with van der Waals surface area (Å²) in [6, 6.07) is 0. The summed E-state index contributed by atoms with van der Waals surface area (Å²) in [5.74, 6) is 0. The van der Waals surface area contributed by atoms with Crippen molar-refractivity contribution >= 4 is 19.4 Å². The maximum atomic E-state index is 4.85. The summed E-state index contributed by atoms with van der Waals surface area (Å²) in [5.41, 5.74) is 4.39. The molecule has 3 heteroatoms. The molecule has 0 bridgehead atoms. The van der Waals surface area contributed by atoms with Crippen LogP contribution in [-0.4, -0.2) is 0 Å². The van der Waals surface area contributed by atoms with Crippen LogP contribution >= 0.6 is 19.4 Å². The van der Waals surface area contributed by atoms with E-state index in [1.54, 1.807) is 0 Å². The van der Waals surface area contributed by atoms with Crippen molar-refractivity contribution in [1.29, 1.82) is 0 Å². The van der Waals surface area contributed by atoms with Crippen molar-refractivity contribution in [2.45, 2.75) is 34.6 Å². The standard InChI is InChI=1S/C10H15.2ClH.Ru/c1-7-6-10(4,5)9(3)8(7)2;;;/h1-5H3;2*1H;/q-1;;;+2/p-2. The van der Waals surface area contributed by atoms with E-state index in [1.165, 1.54) is 16.7 Å². The average Bonchev–Trinajstić information content (AvgIpc) is 2.16. The van der Waals surface area contributed by atoms with E-state index < -0.39 is 0 Å². The van der Waals surface area contributed by atoms with Gasteiger partial charge in [0.25, 0.3) is 0 Å². The van der Waals surface area contributed by atoms with Crippen LogP contribution in [0.3, 0.4) is 0 Å². The van der Waals surface area contributed by atoms with Gasteiger partial charge in [-0.1, -0.05) is 33.1 Å². The van der Waals surface area contributed by atoms with Crippen LogP contribution in [0.2, 0.25) is 0 Å². The first-order valence-corrected chi connectivity index (χ1v) is 8.49. The predicted octanol–water partition coefficient (Wildman–Crippen LogP) is 4.49. The third-order valence-electron chi connectivity index (χ3n) is 2.56. The van der Waals surface area contributed by atoms with Crippen LogP contribution in [0.5, 0.6) is 0 Å². The Morgan fingerprint density at radius 2 is 1.54 bits per heavy atom. The molecule has 0 radical (unpaired) electrons. The van der Waals surface area contributed by atoms with Gasteiger partial charge in [-0.05, 0) is 0 Å². The number of halogens is 2. The molecule has 1 rings (SSSR count). The fourth-order valence-corrected chi connectivity index (χ4v) is 1.41.